The van der Waals surface area contributed by atoms with Crippen LogP contribution in [0.25, 0.3) is 0 Å². The molecule has 1 fully saturated rings. The molecule has 0 N–H and O–H groups in total. The molecule has 2 heteroatoms. The number of Topliss-reactive ketones (excluding diaryl/α,β-unsaturated/α-hetero) is 1. The van der Waals surface area contributed by atoms with Crippen LogP contribution in [-0.2, 0) is 9.53 Å². The van der Waals surface area contributed by atoms with E-state index in [4.69, 9.17) is 4.74 Å². The maximum atomic E-state index is 12.0. The number of carbonyl (C=O) groups excluding carboxylic acids is 1. The van der Waals surface area contributed by atoms with Crippen molar-refractivity contribution in [1.29, 1.82) is 0 Å². The molecule has 0 aromatic carbocycles. The van der Waals surface area contributed by atoms with Crippen LogP contribution in [0.15, 0.2) is 12.7 Å². The molecule has 1 rings (SSSR count). The van der Waals surface area contributed by atoms with E-state index < -0.39 is 5.60 Å². The lowest BCUT2D eigenvalue weighted by atomic mass is 9.76. The molecule has 15 heavy (non-hydrogen) atoms. The van der Waals surface area contributed by atoms with Gasteiger partial charge in [0.1, 0.15) is 5.60 Å². The van der Waals surface area contributed by atoms with Gasteiger partial charge in [-0.15, -0.1) is 6.58 Å². The molecule has 0 aromatic rings. The maximum Gasteiger partial charge on any atom is 0.164 e. The Labute approximate surface area is 92.7 Å². The van der Waals surface area contributed by atoms with Gasteiger partial charge in [0.2, 0.25) is 0 Å². The van der Waals surface area contributed by atoms with Crippen molar-refractivity contribution in [2.45, 2.75) is 51.0 Å². The molecule has 0 saturated heterocycles. The second-order valence-corrected chi connectivity index (χ2v) is 4.63. The summed E-state index contributed by atoms with van der Waals surface area (Å²) >= 11 is 0. The van der Waals surface area contributed by atoms with Crippen molar-refractivity contribution in [3.63, 3.8) is 0 Å². The number of hydrogen-bond donors (Lipinski definition) is 0. The molecule has 0 aromatic heterocycles. The summed E-state index contributed by atoms with van der Waals surface area (Å²) in [5, 5.41) is 0. The third-order valence-electron chi connectivity index (χ3n) is 3.56. The highest BCUT2D eigenvalue weighted by molar-refractivity contribution is 5.87. The predicted molar refractivity (Wildman–Crippen MR) is 61.8 cm³/mol. The molecule has 1 aliphatic rings. The van der Waals surface area contributed by atoms with E-state index in [1.165, 1.54) is 0 Å². The van der Waals surface area contributed by atoms with Crippen LogP contribution >= 0.6 is 0 Å². The molecule has 0 heterocycles. The van der Waals surface area contributed by atoms with Crippen LogP contribution in [0.2, 0.25) is 0 Å². The molecule has 0 radical (unpaired) electrons. The highest BCUT2D eigenvalue weighted by Gasteiger charge is 2.39. The zero-order valence-corrected chi connectivity index (χ0v) is 9.92. The predicted octanol–water partition coefficient (Wildman–Crippen LogP) is 3.12. The Kier molecular flexibility index (Phi) is 4.52. The number of hydrogen-bond acceptors (Lipinski definition) is 2. The molecule has 0 aliphatic heterocycles. The van der Waals surface area contributed by atoms with Gasteiger partial charge in [0.15, 0.2) is 5.78 Å². The molecular weight excluding hydrogens is 188 g/mol. The lowest BCUT2D eigenvalue weighted by Crippen LogP contribution is -2.43. The number of ether oxygens (including phenoxy) is 1. The van der Waals surface area contributed by atoms with Crippen molar-refractivity contribution in [3.05, 3.63) is 12.7 Å². The van der Waals surface area contributed by atoms with Gasteiger partial charge in [0, 0.05) is 13.5 Å². The highest BCUT2D eigenvalue weighted by Crippen LogP contribution is 2.35. The fraction of sp³-hybridized carbons (Fsp3) is 0.769. The lowest BCUT2D eigenvalue weighted by Gasteiger charge is -2.36. The van der Waals surface area contributed by atoms with E-state index in [2.05, 4.69) is 13.5 Å². The average Bonchev–Trinajstić information content (AvgIpc) is 2.27. The summed E-state index contributed by atoms with van der Waals surface area (Å²) in [6.45, 7) is 5.89. The van der Waals surface area contributed by atoms with Gasteiger partial charge in [-0.25, -0.2) is 0 Å². The van der Waals surface area contributed by atoms with Crippen LogP contribution < -0.4 is 0 Å². The fourth-order valence-electron chi connectivity index (χ4n) is 2.29. The molecule has 0 bridgehead atoms. The SMILES string of the molecule is C=CCCC(=O)C1(OC)CCC(C)CC1. The molecule has 1 aliphatic carbocycles. The Hall–Kier alpha value is -0.630. The Morgan fingerprint density at radius 3 is 2.60 bits per heavy atom. The van der Waals surface area contributed by atoms with E-state index in [0.29, 0.717) is 6.42 Å². The molecule has 0 unspecified atom stereocenters. The summed E-state index contributed by atoms with van der Waals surface area (Å²) in [5.41, 5.74) is -0.477. The van der Waals surface area contributed by atoms with Gasteiger partial charge in [-0.2, -0.15) is 0 Å². The smallest absolute Gasteiger partial charge is 0.164 e. The Morgan fingerprint density at radius 1 is 1.53 bits per heavy atom. The van der Waals surface area contributed by atoms with Crippen LogP contribution in [0, 0.1) is 5.92 Å². The minimum atomic E-state index is -0.477. The highest BCUT2D eigenvalue weighted by atomic mass is 16.5. The van der Waals surface area contributed by atoms with Gasteiger partial charge >= 0.3 is 0 Å². The van der Waals surface area contributed by atoms with Crippen molar-refractivity contribution in [2.75, 3.05) is 7.11 Å². The zero-order chi connectivity index (χ0) is 11.3. The Balaban J connectivity index is 2.59. The second kappa shape index (κ2) is 5.45. The molecule has 0 atom stereocenters. The van der Waals surface area contributed by atoms with E-state index in [9.17, 15) is 4.79 Å². The molecular formula is C13H22O2. The third kappa shape index (κ3) is 2.91. The summed E-state index contributed by atoms with van der Waals surface area (Å²) in [4.78, 5) is 12.0. The number of rotatable bonds is 5. The largest absolute Gasteiger partial charge is 0.370 e. The Bertz CT molecular complexity index is 225. The van der Waals surface area contributed by atoms with Crippen LogP contribution in [0.5, 0.6) is 0 Å². The first-order valence-corrected chi connectivity index (χ1v) is 5.84. The molecule has 1 saturated carbocycles. The van der Waals surface area contributed by atoms with Crippen molar-refractivity contribution in [2.24, 2.45) is 5.92 Å². The van der Waals surface area contributed by atoms with Gasteiger partial charge in [-0.1, -0.05) is 13.0 Å². The number of allylic oxidation sites excluding steroid dienone is 1. The van der Waals surface area contributed by atoms with Gasteiger partial charge < -0.3 is 4.74 Å². The van der Waals surface area contributed by atoms with Crippen LogP contribution in [0.1, 0.15) is 45.4 Å². The summed E-state index contributed by atoms with van der Waals surface area (Å²) in [5.74, 6) is 0.997. The summed E-state index contributed by atoms with van der Waals surface area (Å²) in [7, 11) is 1.67. The third-order valence-corrected chi connectivity index (χ3v) is 3.56. The van der Waals surface area contributed by atoms with E-state index >= 15 is 0 Å². The average molecular weight is 210 g/mol. The first-order valence-electron chi connectivity index (χ1n) is 5.84. The maximum absolute atomic E-state index is 12.0. The van der Waals surface area contributed by atoms with Crippen LogP contribution in [0.3, 0.4) is 0 Å². The zero-order valence-electron chi connectivity index (χ0n) is 9.92. The lowest BCUT2D eigenvalue weighted by molar-refractivity contribution is -0.146. The summed E-state index contributed by atoms with van der Waals surface area (Å²) < 4.78 is 5.50. The number of ketones is 1. The van der Waals surface area contributed by atoms with Crippen molar-refractivity contribution in [1.82, 2.24) is 0 Å². The first-order chi connectivity index (χ1) is 7.14. The summed E-state index contributed by atoms with van der Waals surface area (Å²) in [6, 6.07) is 0. The second-order valence-electron chi connectivity index (χ2n) is 4.63. The van der Waals surface area contributed by atoms with E-state index in [-0.39, 0.29) is 5.78 Å². The number of methoxy groups -OCH3 is 1. The molecule has 0 amide bonds. The summed E-state index contributed by atoms with van der Waals surface area (Å²) in [6.07, 6.45) is 7.13. The minimum Gasteiger partial charge on any atom is -0.370 e. The van der Waals surface area contributed by atoms with Crippen molar-refractivity contribution >= 4 is 5.78 Å². The number of carbonyl (C=O) groups is 1. The molecule has 0 spiro atoms. The fourth-order valence-corrected chi connectivity index (χ4v) is 2.29. The minimum absolute atomic E-state index is 0.261. The van der Waals surface area contributed by atoms with Gasteiger partial charge in [-0.05, 0) is 38.0 Å². The first kappa shape index (κ1) is 12.4. The van der Waals surface area contributed by atoms with Crippen molar-refractivity contribution in [3.8, 4) is 0 Å². The van der Waals surface area contributed by atoms with E-state index in [1.54, 1.807) is 13.2 Å². The topological polar surface area (TPSA) is 26.3 Å². The van der Waals surface area contributed by atoms with Crippen LogP contribution in [-0.4, -0.2) is 18.5 Å². The van der Waals surface area contributed by atoms with E-state index in [1.807, 2.05) is 0 Å². The van der Waals surface area contributed by atoms with Gasteiger partial charge in [-0.3, -0.25) is 4.79 Å². The normalized spacial score (nSPS) is 31.2. The molecule has 2 nitrogen and oxygen atoms in total. The van der Waals surface area contributed by atoms with Crippen LogP contribution in [0.4, 0.5) is 0 Å². The standard InChI is InChI=1S/C13H22O2/c1-4-5-6-12(14)13(15-3)9-7-11(2)8-10-13/h4,11H,1,5-10H2,2-3H3. The monoisotopic (exact) mass is 210 g/mol. The molecule has 86 valence electrons. The van der Waals surface area contributed by atoms with E-state index in [0.717, 1.165) is 38.0 Å². The quantitative estimate of drug-likeness (QED) is 0.652. The van der Waals surface area contributed by atoms with Gasteiger partial charge in [0.05, 0.1) is 0 Å². The van der Waals surface area contributed by atoms with Gasteiger partial charge in [0.25, 0.3) is 0 Å². The van der Waals surface area contributed by atoms with Crippen molar-refractivity contribution < 1.29 is 9.53 Å². The Morgan fingerprint density at radius 2 is 2.13 bits per heavy atom.